The summed E-state index contributed by atoms with van der Waals surface area (Å²) in [5.74, 6) is -0.469. The van der Waals surface area contributed by atoms with Crippen molar-refractivity contribution >= 4 is 29.1 Å². The lowest BCUT2D eigenvalue weighted by atomic mass is 9.88. The van der Waals surface area contributed by atoms with Gasteiger partial charge in [0.05, 0.1) is 30.0 Å². The van der Waals surface area contributed by atoms with E-state index in [0.717, 1.165) is 55.6 Å². The van der Waals surface area contributed by atoms with Crippen molar-refractivity contribution in [1.29, 1.82) is 0 Å². The van der Waals surface area contributed by atoms with Crippen LogP contribution in [0.5, 0.6) is 5.88 Å². The summed E-state index contributed by atoms with van der Waals surface area (Å²) in [4.78, 5) is 48.4. The lowest BCUT2D eigenvalue weighted by Gasteiger charge is -2.40. The molecule has 0 radical (unpaired) electrons. The van der Waals surface area contributed by atoms with Crippen LogP contribution in [0.1, 0.15) is 84.7 Å². The first-order valence-corrected chi connectivity index (χ1v) is 19.1. The Bertz CT molecular complexity index is 2130. The van der Waals surface area contributed by atoms with Crippen LogP contribution in [0.15, 0.2) is 52.5 Å². The average Bonchev–Trinajstić information content (AvgIpc) is 3.77. The van der Waals surface area contributed by atoms with E-state index < -0.39 is 11.7 Å². The summed E-state index contributed by atoms with van der Waals surface area (Å²) in [6.07, 6.45) is 7.10. The van der Waals surface area contributed by atoms with Gasteiger partial charge in [0.15, 0.2) is 0 Å². The van der Waals surface area contributed by atoms with Gasteiger partial charge < -0.3 is 29.6 Å². The zero-order valence-corrected chi connectivity index (χ0v) is 32.4. The Morgan fingerprint density at radius 2 is 1.94 bits per heavy atom. The van der Waals surface area contributed by atoms with E-state index in [2.05, 4.69) is 15.5 Å². The molecule has 1 spiro atoms. The van der Waals surface area contributed by atoms with Crippen molar-refractivity contribution in [3.8, 4) is 17.1 Å². The molecule has 7 rings (SSSR count). The number of fused-ring (bicyclic) bond motifs is 1. The second-order valence-corrected chi connectivity index (χ2v) is 15.1. The summed E-state index contributed by atoms with van der Waals surface area (Å²) in [6, 6.07) is 8.50. The Hall–Kier alpha value is -4.52. The summed E-state index contributed by atoms with van der Waals surface area (Å²) in [5.41, 5.74) is 5.72. The summed E-state index contributed by atoms with van der Waals surface area (Å²) in [6.45, 7) is 7.19. The van der Waals surface area contributed by atoms with Crippen LogP contribution in [0.4, 0.5) is 9.18 Å². The fourth-order valence-electron chi connectivity index (χ4n) is 8.69. The van der Waals surface area contributed by atoms with E-state index in [0.29, 0.717) is 72.9 Å². The van der Waals surface area contributed by atoms with Crippen molar-refractivity contribution < 1.29 is 23.5 Å². The molecular formula is C41H48ClFN6O5. The van der Waals surface area contributed by atoms with Gasteiger partial charge in [0, 0.05) is 74.5 Å². The number of halogens is 2. The van der Waals surface area contributed by atoms with Gasteiger partial charge in [-0.1, -0.05) is 24.6 Å². The number of likely N-dealkylation sites (tertiary alicyclic amines) is 1. The Kier molecular flexibility index (Phi) is 10.7. The molecule has 1 unspecified atom stereocenters. The molecule has 1 aromatic carbocycles. The van der Waals surface area contributed by atoms with E-state index in [-0.39, 0.29) is 39.3 Å². The number of nitrogens with one attached hydrogen (secondary N) is 2. The highest BCUT2D eigenvalue weighted by atomic mass is 35.5. The zero-order valence-electron chi connectivity index (χ0n) is 31.6. The van der Waals surface area contributed by atoms with E-state index in [1.165, 1.54) is 10.6 Å². The number of amides is 3. The zero-order chi connectivity index (χ0) is 38.3. The van der Waals surface area contributed by atoms with Crippen molar-refractivity contribution in [3.63, 3.8) is 0 Å². The molecule has 2 atom stereocenters. The molecule has 2 aliphatic heterocycles. The summed E-state index contributed by atoms with van der Waals surface area (Å²) < 4.78 is 28.4. The van der Waals surface area contributed by atoms with Gasteiger partial charge >= 0.3 is 6.03 Å². The fourth-order valence-corrected chi connectivity index (χ4v) is 9.05. The number of ether oxygens (including phenoxy) is 2. The van der Waals surface area contributed by atoms with Gasteiger partial charge in [-0.15, -0.1) is 0 Å². The Balaban J connectivity index is 1.14. The van der Waals surface area contributed by atoms with Crippen molar-refractivity contribution in [2.75, 3.05) is 47.0 Å². The Morgan fingerprint density at radius 1 is 1.15 bits per heavy atom. The molecule has 4 heterocycles. The topological polar surface area (TPSA) is 118 Å². The van der Waals surface area contributed by atoms with Crippen molar-refractivity contribution in [2.24, 2.45) is 7.05 Å². The van der Waals surface area contributed by atoms with Crippen LogP contribution < -0.4 is 20.9 Å². The number of hydrogen-bond acceptors (Lipinski definition) is 7. The van der Waals surface area contributed by atoms with E-state index in [1.54, 1.807) is 39.5 Å². The highest BCUT2D eigenvalue weighted by Gasteiger charge is 2.46. The predicted octanol–water partition coefficient (Wildman–Crippen LogP) is 6.19. The fraction of sp³-hybridized carbons (Fsp3) is 0.463. The maximum Gasteiger partial charge on any atom is 0.317 e. The van der Waals surface area contributed by atoms with Gasteiger partial charge in [0.2, 0.25) is 5.88 Å². The van der Waals surface area contributed by atoms with Crippen LogP contribution in [-0.2, 0) is 24.6 Å². The number of pyridine rings is 2. The van der Waals surface area contributed by atoms with Gasteiger partial charge in [0.1, 0.15) is 11.4 Å². The molecular weight excluding hydrogens is 711 g/mol. The first kappa shape index (κ1) is 37.8. The van der Waals surface area contributed by atoms with Crippen LogP contribution in [0, 0.1) is 5.82 Å². The van der Waals surface area contributed by atoms with Crippen molar-refractivity contribution in [3.05, 3.63) is 96.8 Å². The van der Waals surface area contributed by atoms with E-state index in [1.807, 2.05) is 30.9 Å². The molecule has 11 nitrogen and oxygen atoms in total. The smallest absolute Gasteiger partial charge is 0.317 e. The van der Waals surface area contributed by atoms with Crippen molar-refractivity contribution in [1.82, 2.24) is 30.0 Å². The quantitative estimate of drug-likeness (QED) is 0.254. The molecule has 13 heteroatoms. The van der Waals surface area contributed by atoms with Gasteiger partial charge in [-0.05, 0) is 98.9 Å². The summed E-state index contributed by atoms with van der Waals surface area (Å²) >= 11 is 7.12. The van der Waals surface area contributed by atoms with E-state index in [4.69, 9.17) is 26.1 Å². The third kappa shape index (κ3) is 6.84. The number of aryl methyl sites for hydroxylation is 2. The van der Waals surface area contributed by atoms with Crippen LogP contribution in [0.3, 0.4) is 0 Å². The van der Waals surface area contributed by atoms with Crippen molar-refractivity contribution in [2.45, 2.75) is 70.4 Å². The molecule has 4 aliphatic rings. The SMILES string of the molecule is CCc1ccc(C(=O)NC2=CCCC(c3c(F)ccc(-c4cc5c(c(OC)n4)C(N4CC[C@@]6(CCN(CCOC)C(=O)N6)C4)CC5)c3Cl)=C2C)c(=O)n1C. The molecule has 2 N–H and O–H groups in total. The Labute approximate surface area is 320 Å². The molecule has 0 saturated carbocycles. The lowest BCUT2D eigenvalue weighted by Crippen LogP contribution is -2.61. The number of aromatic nitrogens is 2. The molecule has 3 aromatic rings. The normalized spacial score (nSPS) is 21.4. The maximum absolute atomic E-state index is 15.8. The van der Waals surface area contributed by atoms with Gasteiger partial charge in [-0.2, -0.15) is 0 Å². The minimum Gasteiger partial charge on any atom is -0.481 e. The van der Waals surface area contributed by atoms with Crippen LogP contribution in [0.25, 0.3) is 16.8 Å². The number of carbonyl (C=O) groups is 2. The number of nitrogens with zero attached hydrogens (tertiary/aromatic N) is 4. The van der Waals surface area contributed by atoms with Crippen LogP contribution >= 0.6 is 11.6 Å². The number of hydrogen-bond donors (Lipinski definition) is 2. The number of allylic oxidation sites excluding steroid dienone is 3. The lowest BCUT2D eigenvalue weighted by molar-refractivity contribution is 0.0964. The summed E-state index contributed by atoms with van der Waals surface area (Å²) in [5, 5.41) is 6.45. The molecule has 2 aliphatic carbocycles. The number of urea groups is 1. The van der Waals surface area contributed by atoms with E-state index >= 15 is 4.39 Å². The third-order valence-electron chi connectivity index (χ3n) is 11.8. The minimum absolute atomic E-state index is 0.0349. The number of carbonyl (C=O) groups excluding carboxylic acids is 2. The highest BCUT2D eigenvalue weighted by Crippen LogP contribution is 2.47. The van der Waals surface area contributed by atoms with Gasteiger partial charge in [-0.3, -0.25) is 14.5 Å². The van der Waals surface area contributed by atoms with E-state index in [9.17, 15) is 14.4 Å². The summed E-state index contributed by atoms with van der Waals surface area (Å²) in [7, 11) is 4.92. The highest BCUT2D eigenvalue weighted by molar-refractivity contribution is 6.35. The molecule has 2 aromatic heterocycles. The number of benzene rings is 1. The second-order valence-electron chi connectivity index (χ2n) is 14.8. The maximum atomic E-state index is 15.8. The molecule has 54 heavy (non-hydrogen) atoms. The van der Waals surface area contributed by atoms with Gasteiger partial charge in [-0.25, -0.2) is 14.2 Å². The number of methoxy groups -OCH3 is 2. The average molecular weight is 759 g/mol. The molecule has 2 fully saturated rings. The first-order valence-electron chi connectivity index (χ1n) is 18.8. The molecule has 2 saturated heterocycles. The van der Waals surface area contributed by atoms with Crippen LogP contribution in [0.2, 0.25) is 5.02 Å². The third-order valence-corrected chi connectivity index (χ3v) is 12.2. The second kappa shape index (κ2) is 15.3. The first-order chi connectivity index (χ1) is 26.0. The standard InChI is InChI=1S/C41H48ClFN6O5/c1-6-26-11-12-29(39(51)47(26)3)37(50)44-31-9-7-8-27(24(31)2)35-30(43)14-13-28(36(35)42)32-22-25-10-15-33(34(25)38(45-32)54-5)49-19-17-41(23-49)16-18-48(20-21-53-4)40(52)46-41/h9,11-14,22,33H,6-8,10,15-21,23H2,1-5H3,(H,44,50)(H,46,52)/t33?,41-/m0/s1. The van der Waals surface area contributed by atoms with Gasteiger partial charge in [0.25, 0.3) is 11.5 Å². The molecule has 0 bridgehead atoms. The predicted molar refractivity (Wildman–Crippen MR) is 206 cm³/mol. The minimum atomic E-state index is -0.518. The Morgan fingerprint density at radius 3 is 2.69 bits per heavy atom. The molecule has 286 valence electrons. The van der Waals surface area contributed by atoms with Crippen LogP contribution in [-0.4, -0.2) is 83.8 Å². The molecule has 3 amide bonds. The number of rotatable bonds is 10. The largest absolute Gasteiger partial charge is 0.481 e. The monoisotopic (exact) mass is 758 g/mol.